The molecule has 1 aliphatic rings. The van der Waals surface area contributed by atoms with E-state index in [2.05, 4.69) is 15.5 Å². The van der Waals surface area contributed by atoms with Crippen LogP contribution >= 0.6 is 11.8 Å². The third kappa shape index (κ3) is 3.52. The van der Waals surface area contributed by atoms with E-state index in [9.17, 15) is 13.6 Å². The van der Waals surface area contributed by atoms with E-state index in [1.165, 1.54) is 17.8 Å². The molecule has 5 nitrogen and oxygen atoms in total. The average molecular weight is 338 g/mol. The summed E-state index contributed by atoms with van der Waals surface area (Å²) in [5, 5.41) is 11.2. The second-order valence-electron chi connectivity index (χ2n) is 5.29. The number of aromatic nitrogens is 3. The SMILES string of the molecule is CCn1c(SCC(=O)Nc2c(F)cccc2F)nnc1C1CC1. The Hall–Kier alpha value is -1.96. The average Bonchev–Trinajstić information content (AvgIpc) is 3.29. The van der Waals surface area contributed by atoms with Gasteiger partial charge >= 0.3 is 0 Å². The summed E-state index contributed by atoms with van der Waals surface area (Å²) in [6, 6.07) is 3.45. The Balaban J connectivity index is 1.63. The van der Waals surface area contributed by atoms with Crippen LogP contribution in [-0.4, -0.2) is 26.4 Å². The van der Waals surface area contributed by atoms with Crippen LogP contribution in [0.5, 0.6) is 0 Å². The van der Waals surface area contributed by atoms with Crippen molar-refractivity contribution in [3.05, 3.63) is 35.7 Å². The molecule has 8 heteroatoms. The second kappa shape index (κ2) is 6.66. The Kier molecular flexibility index (Phi) is 4.61. The number of halogens is 2. The molecule has 0 aliphatic heterocycles. The Morgan fingerprint density at radius 2 is 2.04 bits per heavy atom. The number of nitrogens with zero attached hydrogens (tertiary/aromatic N) is 3. The number of thioether (sulfide) groups is 1. The summed E-state index contributed by atoms with van der Waals surface area (Å²) in [5.74, 6) is -0.644. The zero-order valence-electron chi connectivity index (χ0n) is 12.6. The number of carbonyl (C=O) groups excluding carboxylic acids is 1. The minimum absolute atomic E-state index is 0.0105. The van der Waals surface area contributed by atoms with Gasteiger partial charge in [-0.15, -0.1) is 10.2 Å². The topological polar surface area (TPSA) is 59.8 Å². The van der Waals surface area contributed by atoms with E-state index in [0.29, 0.717) is 11.1 Å². The first-order chi connectivity index (χ1) is 11.1. The van der Waals surface area contributed by atoms with Gasteiger partial charge in [-0.05, 0) is 31.9 Å². The van der Waals surface area contributed by atoms with Gasteiger partial charge in [0.2, 0.25) is 5.91 Å². The van der Waals surface area contributed by atoms with Crippen LogP contribution < -0.4 is 5.32 Å². The van der Waals surface area contributed by atoms with Crippen molar-refractivity contribution < 1.29 is 13.6 Å². The molecule has 0 spiro atoms. The van der Waals surface area contributed by atoms with Crippen LogP contribution in [-0.2, 0) is 11.3 Å². The highest BCUT2D eigenvalue weighted by Gasteiger charge is 2.30. The molecule has 23 heavy (non-hydrogen) atoms. The monoisotopic (exact) mass is 338 g/mol. The van der Waals surface area contributed by atoms with Gasteiger partial charge in [0.25, 0.3) is 0 Å². The summed E-state index contributed by atoms with van der Waals surface area (Å²) < 4.78 is 29.0. The van der Waals surface area contributed by atoms with E-state index < -0.39 is 23.2 Å². The molecule has 1 saturated carbocycles. The summed E-state index contributed by atoms with van der Waals surface area (Å²) in [6.45, 7) is 2.72. The molecule has 0 bridgehead atoms. The fourth-order valence-electron chi connectivity index (χ4n) is 2.27. The van der Waals surface area contributed by atoms with Crippen molar-refractivity contribution in [3.63, 3.8) is 0 Å². The lowest BCUT2D eigenvalue weighted by atomic mass is 10.3. The van der Waals surface area contributed by atoms with Crippen LogP contribution in [0.1, 0.15) is 31.5 Å². The molecule has 0 atom stereocenters. The first kappa shape index (κ1) is 15.9. The van der Waals surface area contributed by atoms with Gasteiger partial charge in [-0.2, -0.15) is 0 Å². The van der Waals surface area contributed by atoms with Gasteiger partial charge in [0.05, 0.1) is 5.75 Å². The lowest BCUT2D eigenvalue weighted by Crippen LogP contribution is -2.16. The zero-order chi connectivity index (χ0) is 16.4. The first-order valence-corrected chi connectivity index (χ1v) is 8.38. The Bertz CT molecular complexity index is 710. The van der Waals surface area contributed by atoms with Crippen molar-refractivity contribution in [2.24, 2.45) is 0 Å². The molecule has 0 unspecified atom stereocenters. The second-order valence-corrected chi connectivity index (χ2v) is 6.24. The van der Waals surface area contributed by atoms with Crippen LogP contribution in [0.3, 0.4) is 0 Å². The minimum Gasteiger partial charge on any atom is -0.320 e. The van der Waals surface area contributed by atoms with Gasteiger partial charge in [0.1, 0.15) is 23.1 Å². The molecule has 1 aliphatic carbocycles. The largest absolute Gasteiger partial charge is 0.320 e. The normalized spacial score (nSPS) is 14.0. The smallest absolute Gasteiger partial charge is 0.235 e. The number of nitrogens with one attached hydrogen (secondary N) is 1. The maximum Gasteiger partial charge on any atom is 0.235 e. The molecule has 1 fully saturated rings. The Morgan fingerprint density at radius 1 is 1.35 bits per heavy atom. The molecule has 1 aromatic carbocycles. The number of hydrogen-bond donors (Lipinski definition) is 1. The molecule has 122 valence electrons. The minimum atomic E-state index is -0.795. The molecule has 0 radical (unpaired) electrons. The summed E-state index contributed by atoms with van der Waals surface area (Å²) >= 11 is 1.21. The van der Waals surface area contributed by atoms with Crippen LogP contribution in [0.4, 0.5) is 14.5 Å². The van der Waals surface area contributed by atoms with Crippen molar-refractivity contribution in [3.8, 4) is 0 Å². The number of carbonyl (C=O) groups is 1. The fourth-order valence-corrected chi connectivity index (χ4v) is 3.08. The van der Waals surface area contributed by atoms with Gasteiger partial charge in [-0.25, -0.2) is 8.78 Å². The lowest BCUT2D eigenvalue weighted by Gasteiger charge is -2.08. The molecule has 2 aromatic rings. The van der Waals surface area contributed by atoms with Crippen molar-refractivity contribution >= 4 is 23.4 Å². The molecular formula is C15H16F2N4OS. The van der Waals surface area contributed by atoms with E-state index in [1.54, 1.807) is 0 Å². The number of anilines is 1. The number of hydrogen-bond acceptors (Lipinski definition) is 4. The third-order valence-corrected chi connectivity index (χ3v) is 4.53. The zero-order valence-corrected chi connectivity index (χ0v) is 13.4. The summed E-state index contributed by atoms with van der Waals surface area (Å²) in [5.41, 5.74) is -0.422. The quantitative estimate of drug-likeness (QED) is 0.822. The lowest BCUT2D eigenvalue weighted by molar-refractivity contribution is -0.113. The molecule has 0 saturated heterocycles. The number of para-hydroxylation sites is 1. The molecule has 1 aromatic heterocycles. The van der Waals surface area contributed by atoms with E-state index in [4.69, 9.17) is 0 Å². The van der Waals surface area contributed by atoms with Gasteiger partial charge in [-0.1, -0.05) is 17.8 Å². The molecule has 3 rings (SSSR count). The fraction of sp³-hybridized carbons (Fsp3) is 0.400. The van der Waals surface area contributed by atoms with Crippen molar-refractivity contribution in [1.82, 2.24) is 14.8 Å². The predicted molar refractivity (Wildman–Crippen MR) is 83.4 cm³/mol. The molecular weight excluding hydrogens is 322 g/mol. The van der Waals surface area contributed by atoms with Crippen molar-refractivity contribution in [2.75, 3.05) is 11.1 Å². The highest BCUT2D eigenvalue weighted by atomic mass is 32.2. The van der Waals surface area contributed by atoms with Gasteiger partial charge in [0, 0.05) is 12.5 Å². The Morgan fingerprint density at radius 3 is 2.65 bits per heavy atom. The Labute approximate surface area is 136 Å². The maximum absolute atomic E-state index is 13.5. The van der Waals surface area contributed by atoms with Crippen molar-refractivity contribution in [2.45, 2.75) is 37.4 Å². The van der Waals surface area contributed by atoms with E-state index in [0.717, 1.165) is 37.3 Å². The summed E-state index contributed by atoms with van der Waals surface area (Å²) in [6.07, 6.45) is 2.24. The summed E-state index contributed by atoms with van der Waals surface area (Å²) in [7, 11) is 0. The van der Waals surface area contributed by atoms with Gasteiger partial charge in [0.15, 0.2) is 5.16 Å². The van der Waals surface area contributed by atoms with E-state index in [-0.39, 0.29) is 5.75 Å². The van der Waals surface area contributed by atoms with Crippen molar-refractivity contribution in [1.29, 1.82) is 0 Å². The van der Waals surface area contributed by atoms with Crippen LogP contribution in [0.25, 0.3) is 0 Å². The maximum atomic E-state index is 13.5. The van der Waals surface area contributed by atoms with Gasteiger partial charge in [-0.3, -0.25) is 4.79 Å². The molecule has 1 heterocycles. The number of rotatable bonds is 6. The highest BCUT2D eigenvalue weighted by Crippen LogP contribution is 2.39. The van der Waals surface area contributed by atoms with E-state index in [1.807, 2.05) is 11.5 Å². The summed E-state index contributed by atoms with van der Waals surface area (Å²) in [4.78, 5) is 11.9. The highest BCUT2D eigenvalue weighted by molar-refractivity contribution is 7.99. The van der Waals surface area contributed by atoms with Crippen LogP contribution in [0, 0.1) is 11.6 Å². The number of benzene rings is 1. The van der Waals surface area contributed by atoms with Crippen LogP contribution in [0.15, 0.2) is 23.4 Å². The molecule has 1 N–H and O–H groups in total. The third-order valence-electron chi connectivity index (χ3n) is 3.56. The molecule has 1 amide bonds. The standard InChI is InChI=1S/C15H16F2N4OS/c1-2-21-14(9-6-7-9)19-20-15(21)23-8-12(22)18-13-10(16)4-3-5-11(13)17/h3-5,9H,2,6-8H2,1H3,(H,18,22). The van der Waals surface area contributed by atoms with Gasteiger partial charge < -0.3 is 9.88 Å². The number of amides is 1. The van der Waals surface area contributed by atoms with E-state index >= 15 is 0 Å². The predicted octanol–water partition coefficient (Wildman–Crippen LogP) is 3.18. The first-order valence-electron chi connectivity index (χ1n) is 7.40. The van der Waals surface area contributed by atoms with Crippen LogP contribution in [0.2, 0.25) is 0 Å².